The summed E-state index contributed by atoms with van der Waals surface area (Å²) in [6.45, 7) is 2.98. The first-order chi connectivity index (χ1) is 11.4. The molecule has 0 saturated carbocycles. The molecular formula is C15H17N3O4S2. The van der Waals surface area contributed by atoms with Gasteiger partial charge in [-0.1, -0.05) is 6.07 Å². The molecule has 0 amide bonds. The number of hydrogen-bond donors (Lipinski definition) is 3. The van der Waals surface area contributed by atoms with Gasteiger partial charge in [-0.15, -0.1) is 11.3 Å². The Bertz CT molecular complexity index is 890. The largest absolute Gasteiger partial charge is 0.478 e. The summed E-state index contributed by atoms with van der Waals surface area (Å²) in [6, 6.07) is 5.34. The van der Waals surface area contributed by atoms with Crippen molar-refractivity contribution in [1.29, 1.82) is 0 Å². The Labute approximate surface area is 143 Å². The first-order valence-electron chi connectivity index (χ1n) is 7.39. The molecule has 0 spiro atoms. The summed E-state index contributed by atoms with van der Waals surface area (Å²) < 4.78 is 27.6. The van der Waals surface area contributed by atoms with E-state index in [1.54, 1.807) is 12.1 Å². The van der Waals surface area contributed by atoms with Gasteiger partial charge in [-0.3, -0.25) is 4.98 Å². The maximum Gasteiger partial charge on any atom is 0.338 e. The van der Waals surface area contributed by atoms with E-state index < -0.39 is 16.0 Å². The topological polar surface area (TPSA) is 108 Å². The van der Waals surface area contributed by atoms with Gasteiger partial charge in [0.2, 0.25) is 0 Å². The van der Waals surface area contributed by atoms with Crippen LogP contribution in [0.4, 0.5) is 0 Å². The van der Waals surface area contributed by atoms with E-state index in [1.165, 1.54) is 0 Å². The third-order valence-electron chi connectivity index (χ3n) is 3.74. The van der Waals surface area contributed by atoms with Crippen LogP contribution in [0, 0.1) is 6.92 Å². The van der Waals surface area contributed by atoms with Gasteiger partial charge in [0.25, 0.3) is 10.0 Å². The van der Waals surface area contributed by atoms with E-state index in [4.69, 9.17) is 0 Å². The monoisotopic (exact) mass is 367 g/mol. The lowest BCUT2D eigenvalue weighted by Crippen LogP contribution is -2.25. The molecule has 0 aromatic carbocycles. The molecule has 128 valence electrons. The molecule has 9 heteroatoms. The van der Waals surface area contributed by atoms with Crippen molar-refractivity contribution in [2.45, 2.75) is 30.6 Å². The van der Waals surface area contributed by atoms with E-state index in [1.807, 2.05) is 13.0 Å². The Morgan fingerprint density at radius 3 is 2.96 bits per heavy atom. The van der Waals surface area contributed by atoms with E-state index >= 15 is 0 Å². The molecular weight excluding hydrogens is 350 g/mol. The zero-order chi connectivity index (χ0) is 17.3. The second-order valence-corrected chi connectivity index (χ2v) is 8.56. The minimum Gasteiger partial charge on any atom is -0.478 e. The van der Waals surface area contributed by atoms with Crippen LogP contribution in [0.3, 0.4) is 0 Å². The van der Waals surface area contributed by atoms with Crippen LogP contribution in [0.15, 0.2) is 22.4 Å². The Morgan fingerprint density at radius 2 is 2.25 bits per heavy atom. The number of carbonyl (C=O) groups is 1. The molecule has 3 heterocycles. The summed E-state index contributed by atoms with van der Waals surface area (Å²) in [5, 5.41) is 12.6. The predicted molar refractivity (Wildman–Crippen MR) is 89.7 cm³/mol. The number of aromatic nitrogens is 1. The van der Waals surface area contributed by atoms with Crippen molar-refractivity contribution in [3.8, 4) is 0 Å². The quantitative estimate of drug-likeness (QED) is 0.734. The van der Waals surface area contributed by atoms with Gasteiger partial charge < -0.3 is 10.4 Å². The molecule has 24 heavy (non-hydrogen) atoms. The van der Waals surface area contributed by atoms with Crippen LogP contribution >= 0.6 is 11.3 Å². The molecule has 0 unspecified atom stereocenters. The fraction of sp³-hybridized carbons (Fsp3) is 0.333. The first kappa shape index (κ1) is 17.0. The Balaban J connectivity index is 1.92. The van der Waals surface area contributed by atoms with Crippen molar-refractivity contribution in [2.75, 3.05) is 6.54 Å². The summed E-state index contributed by atoms with van der Waals surface area (Å²) in [4.78, 5) is 16.6. The van der Waals surface area contributed by atoms with E-state index in [9.17, 15) is 18.3 Å². The summed E-state index contributed by atoms with van der Waals surface area (Å²) >= 11 is 1.02. The average molecular weight is 367 g/mol. The second-order valence-electron chi connectivity index (χ2n) is 5.49. The first-order valence-corrected chi connectivity index (χ1v) is 9.69. The molecule has 3 rings (SSSR count). The minimum absolute atomic E-state index is 0.0177. The molecule has 7 nitrogen and oxygen atoms in total. The third kappa shape index (κ3) is 3.34. The zero-order valence-corrected chi connectivity index (χ0v) is 14.6. The number of aryl methyl sites for hydroxylation is 1. The van der Waals surface area contributed by atoms with Crippen molar-refractivity contribution in [1.82, 2.24) is 15.0 Å². The van der Waals surface area contributed by atoms with E-state index in [0.717, 1.165) is 21.9 Å². The van der Waals surface area contributed by atoms with Gasteiger partial charge in [0.1, 0.15) is 4.21 Å². The lowest BCUT2D eigenvalue weighted by atomic mass is 10.1. The highest BCUT2D eigenvalue weighted by atomic mass is 32.2. The van der Waals surface area contributed by atoms with Crippen LogP contribution in [0.5, 0.6) is 0 Å². The Morgan fingerprint density at radius 1 is 1.46 bits per heavy atom. The number of sulfonamides is 1. The van der Waals surface area contributed by atoms with Gasteiger partial charge >= 0.3 is 5.97 Å². The van der Waals surface area contributed by atoms with Gasteiger partial charge in [-0.25, -0.2) is 17.9 Å². The number of nitrogens with one attached hydrogen (secondary N) is 2. The Kier molecular flexibility index (Phi) is 4.68. The summed E-state index contributed by atoms with van der Waals surface area (Å²) in [5.74, 6) is -1.21. The van der Waals surface area contributed by atoms with Gasteiger partial charge in [-0.05, 0) is 37.6 Å². The normalized spacial score (nSPS) is 14.4. The molecule has 2 aromatic heterocycles. The molecule has 0 saturated heterocycles. The van der Waals surface area contributed by atoms with Crippen molar-refractivity contribution in [3.05, 3.63) is 45.6 Å². The summed E-state index contributed by atoms with van der Waals surface area (Å²) in [7, 11) is -3.92. The highest BCUT2D eigenvalue weighted by Crippen LogP contribution is 2.34. The van der Waals surface area contributed by atoms with Crippen molar-refractivity contribution in [2.24, 2.45) is 0 Å². The average Bonchev–Trinajstić information content (AvgIpc) is 2.94. The molecule has 0 fully saturated rings. The molecule has 0 atom stereocenters. The number of carboxylic acid groups (broad SMARTS) is 1. The van der Waals surface area contributed by atoms with Crippen LogP contribution in [-0.2, 0) is 29.5 Å². The molecule has 2 aromatic rings. The van der Waals surface area contributed by atoms with Gasteiger partial charge in [0.15, 0.2) is 0 Å². The molecule has 0 aliphatic carbocycles. The molecule has 1 aliphatic heterocycles. The number of nitrogens with zero attached hydrogens (tertiary/aromatic N) is 1. The van der Waals surface area contributed by atoms with Crippen LogP contribution in [-0.4, -0.2) is 31.0 Å². The number of aromatic carboxylic acids is 1. The van der Waals surface area contributed by atoms with E-state index in [-0.39, 0.29) is 16.3 Å². The van der Waals surface area contributed by atoms with Gasteiger partial charge in [-0.2, -0.15) is 0 Å². The SMILES string of the molecule is Cc1cccc(CNS(=O)(=O)c2sc3c(c2C(=O)O)CCNC3)n1. The van der Waals surface area contributed by atoms with Gasteiger partial charge in [0, 0.05) is 17.1 Å². The minimum atomic E-state index is -3.92. The van der Waals surface area contributed by atoms with Crippen LogP contribution in [0.2, 0.25) is 0 Å². The highest BCUT2D eigenvalue weighted by molar-refractivity contribution is 7.91. The number of rotatable bonds is 5. The second kappa shape index (κ2) is 6.60. The standard InChI is InChI=1S/C15H17N3O4S2/c1-9-3-2-4-10(18-9)7-17-24(21,22)15-13(14(19)20)11-5-6-16-8-12(11)23-15/h2-4,16-17H,5-8H2,1H3,(H,19,20). The summed E-state index contributed by atoms with van der Waals surface area (Å²) in [6.07, 6.45) is 0.516. The highest BCUT2D eigenvalue weighted by Gasteiger charge is 2.31. The zero-order valence-electron chi connectivity index (χ0n) is 13.0. The molecule has 0 radical (unpaired) electrons. The third-order valence-corrected chi connectivity index (χ3v) is 6.89. The Hall–Kier alpha value is -1.81. The molecule has 3 N–H and O–H groups in total. The van der Waals surface area contributed by atoms with Crippen molar-refractivity contribution < 1.29 is 18.3 Å². The van der Waals surface area contributed by atoms with Crippen LogP contribution in [0.25, 0.3) is 0 Å². The van der Waals surface area contributed by atoms with E-state index in [0.29, 0.717) is 30.8 Å². The number of pyridine rings is 1. The summed E-state index contributed by atoms with van der Waals surface area (Å²) in [5.41, 5.74) is 1.90. The molecule has 1 aliphatic rings. The number of carboxylic acids is 1. The van der Waals surface area contributed by atoms with Crippen LogP contribution in [0.1, 0.15) is 32.2 Å². The maximum absolute atomic E-state index is 12.6. The van der Waals surface area contributed by atoms with E-state index in [2.05, 4.69) is 15.0 Å². The fourth-order valence-corrected chi connectivity index (χ4v) is 5.55. The smallest absolute Gasteiger partial charge is 0.338 e. The lowest BCUT2D eigenvalue weighted by Gasteiger charge is -2.12. The van der Waals surface area contributed by atoms with Crippen molar-refractivity contribution >= 4 is 27.3 Å². The number of hydrogen-bond acceptors (Lipinski definition) is 6. The predicted octanol–water partition coefficient (Wildman–Crippen LogP) is 1.27. The maximum atomic E-state index is 12.6. The molecule has 0 bridgehead atoms. The van der Waals surface area contributed by atoms with Crippen LogP contribution < -0.4 is 10.0 Å². The van der Waals surface area contributed by atoms with Crippen molar-refractivity contribution in [3.63, 3.8) is 0 Å². The lowest BCUT2D eigenvalue weighted by molar-refractivity contribution is 0.0692. The number of fused-ring (bicyclic) bond motifs is 1. The number of thiophene rings is 1. The fourth-order valence-electron chi connectivity index (χ4n) is 2.65. The van der Waals surface area contributed by atoms with Gasteiger partial charge in [0.05, 0.1) is 17.8 Å².